The molecule has 272 valence electrons. The second-order valence-electron chi connectivity index (χ2n) is 15.2. The van der Waals surface area contributed by atoms with Crippen molar-refractivity contribution in [2.24, 2.45) is 0 Å². The SMILES string of the molecule is c1ccc(N(c2ccc3c(c2)oc2cccc(C4(c5ccccc5)c5ccccc5-c5ccccc54)c23)c2ccc3c(c2)c2ccccc2n3-c2ccccc2)cc1. The first-order valence-electron chi connectivity index (χ1n) is 19.9. The zero-order chi connectivity index (χ0) is 38.2. The molecule has 12 rings (SSSR count). The summed E-state index contributed by atoms with van der Waals surface area (Å²) < 4.78 is 9.29. The standard InChI is InChI=1S/C55H36N2O/c1-4-17-37(18-5-1)55(47-26-13-10-23-42(47)43-24-11-14-27-48(43)55)49-28-16-30-52-54(49)45-33-31-41(36-53(45)58-52)56(38-19-6-2-7-20-38)40-32-34-51-46(35-40)44-25-12-15-29-50(44)57(51)39-21-8-3-9-22-39/h1-36H. The number of nitrogens with zero attached hydrogens (tertiary/aromatic N) is 2. The first kappa shape index (κ1) is 32.6. The predicted molar refractivity (Wildman–Crippen MR) is 240 cm³/mol. The van der Waals surface area contributed by atoms with E-state index in [1.165, 1.54) is 55.2 Å². The summed E-state index contributed by atoms with van der Waals surface area (Å²) in [4.78, 5) is 2.34. The van der Waals surface area contributed by atoms with E-state index < -0.39 is 5.41 Å². The molecule has 9 aromatic carbocycles. The number of rotatable bonds is 6. The minimum absolute atomic E-state index is 0.534. The molecule has 2 heterocycles. The molecule has 0 N–H and O–H groups in total. The molecule has 0 fully saturated rings. The summed E-state index contributed by atoms with van der Waals surface area (Å²) in [6, 6.07) is 79.0. The van der Waals surface area contributed by atoms with Crippen molar-refractivity contribution in [1.82, 2.24) is 4.57 Å². The molecule has 3 nitrogen and oxygen atoms in total. The normalized spacial score (nSPS) is 13.0. The van der Waals surface area contributed by atoms with E-state index in [2.05, 4.69) is 228 Å². The van der Waals surface area contributed by atoms with Crippen LogP contribution in [0.15, 0.2) is 223 Å². The fourth-order valence-electron chi connectivity index (χ4n) is 9.93. The van der Waals surface area contributed by atoms with E-state index in [-0.39, 0.29) is 0 Å². The van der Waals surface area contributed by atoms with Crippen molar-refractivity contribution in [3.05, 3.63) is 241 Å². The lowest BCUT2D eigenvalue weighted by Crippen LogP contribution is -2.28. The fourth-order valence-corrected chi connectivity index (χ4v) is 9.93. The zero-order valence-electron chi connectivity index (χ0n) is 31.6. The Morgan fingerprint density at radius 3 is 1.72 bits per heavy atom. The van der Waals surface area contributed by atoms with E-state index >= 15 is 0 Å². The highest BCUT2D eigenvalue weighted by molar-refractivity contribution is 6.12. The summed E-state index contributed by atoms with van der Waals surface area (Å²) >= 11 is 0. The Labute approximate surface area is 336 Å². The summed E-state index contributed by atoms with van der Waals surface area (Å²) in [6.45, 7) is 0. The highest BCUT2D eigenvalue weighted by Gasteiger charge is 2.47. The highest BCUT2D eigenvalue weighted by Crippen LogP contribution is 2.58. The Balaban J connectivity index is 1.08. The van der Waals surface area contributed by atoms with Crippen LogP contribution in [0.1, 0.15) is 22.3 Å². The number of furan rings is 1. The van der Waals surface area contributed by atoms with Crippen LogP contribution in [0.2, 0.25) is 0 Å². The summed E-state index contributed by atoms with van der Waals surface area (Å²) in [7, 11) is 0. The third-order valence-corrected chi connectivity index (χ3v) is 12.2. The Bertz CT molecular complexity index is 3300. The molecule has 1 aliphatic carbocycles. The van der Waals surface area contributed by atoms with Gasteiger partial charge in [0.1, 0.15) is 11.2 Å². The maximum atomic E-state index is 6.92. The summed E-state index contributed by atoms with van der Waals surface area (Å²) in [5.74, 6) is 0. The van der Waals surface area contributed by atoms with Crippen molar-refractivity contribution in [2.75, 3.05) is 4.90 Å². The molecule has 1 aliphatic rings. The Kier molecular flexibility index (Phi) is 7.14. The van der Waals surface area contributed by atoms with Crippen molar-refractivity contribution >= 4 is 60.8 Å². The van der Waals surface area contributed by atoms with Gasteiger partial charge in [0.15, 0.2) is 0 Å². The number of anilines is 3. The topological polar surface area (TPSA) is 21.3 Å². The molecule has 2 aromatic heterocycles. The van der Waals surface area contributed by atoms with Gasteiger partial charge in [-0.2, -0.15) is 0 Å². The van der Waals surface area contributed by atoms with Gasteiger partial charge >= 0.3 is 0 Å². The van der Waals surface area contributed by atoms with Gasteiger partial charge in [-0.3, -0.25) is 0 Å². The molecular weight excluding hydrogens is 705 g/mol. The van der Waals surface area contributed by atoms with E-state index in [0.717, 1.165) is 44.7 Å². The van der Waals surface area contributed by atoms with Crippen LogP contribution in [-0.2, 0) is 5.41 Å². The Morgan fingerprint density at radius 2 is 0.966 bits per heavy atom. The Morgan fingerprint density at radius 1 is 0.379 bits per heavy atom. The van der Waals surface area contributed by atoms with Crippen LogP contribution in [0.5, 0.6) is 0 Å². The lowest BCUT2D eigenvalue weighted by Gasteiger charge is -2.34. The fraction of sp³-hybridized carbons (Fsp3) is 0.0182. The first-order chi connectivity index (χ1) is 28.8. The maximum absolute atomic E-state index is 6.92. The average molecular weight is 741 g/mol. The van der Waals surface area contributed by atoms with Crippen LogP contribution >= 0.6 is 0 Å². The molecule has 0 radical (unpaired) electrons. The lowest BCUT2D eigenvalue weighted by atomic mass is 9.66. The molecule has 3 heteroatoms. The van der Waals surface area contributed by atoms with Gasteiger partial charge in [-0.05, 0) is 100 Å². The van der Waals surface area contributed by atoms with E-state index in [9.17, 15) is 0 Å². The molecule has 0 aliphatic heterocycles. The lowest BCUT2D eigenvalue weighted by molar-refractivity contribution is 0.667. The molecule has 0 saturated heterocycles. The van der Waals surface area contributed by atoms with Gasteiger partial charge in [0.25, 0.3) is 0 Å². The summed E-state index contributed by atoms with van der Waals surface area (Å²) in [5.41, 5.74) is 15.5. The summed E-state index contributed by atoms with van der Waals surface area (Å²) in [5, 5.41) is 4.66. The van der Waals surface area contributed by atoms with Gasteiger partial charge in [0, 0.05) is 50.4 Å². The minimum Gasteiger partial charge on any atom is -0.456 e. The van der Waals surface area contributed by atoms with Gasteiger partial charge in [0.05, 0.1) is 16.4 Å². The van der Waals surface area contributed by atoms with Crippen molar-refractivity contribution in [3.8, 4) is 16.8 Å². The molecule has 0 saturated carbocycles. The van der Waals surface area contributed by atoms with Gasteiger partial charge in [-0.1, -0.05) is 146 Å². The number of hydrogen-bond donors (Lipinski definition) is 0. The minimum atomic E-state index is -0.534. The van der Waals surface area contributed by atoms with Gasteiger partial charge in [-0.15, -0.1) is 0 Å². The Hall–Kier alpha value is -7.62. The molecule has 0 bridgehead atoms. The highest BCUT2D eigenvalue weighted by atomic mass is 16.3. The number of para-hydroxylation sites is 3. The van der Waals surface area contributed by atoms with Crippen LogP contribution in [0.3, 0.4) is 0 Å². The molecular formula is C55H36N2O. The zero-order valence-corrected chi connectivity index (χ0v) is 31.6. The molecule has 0 amide bonds. The van der Waals surface area contributed by atoms with Crippen LogP contribution in [-0.4, -0.2) is 4.57 Å². The molecule has 58 heavy (non-hydrogen) atoms. The molecule has 0 atom stereocenters. The van der Waals surface area contributed by atoms with Crippen LogP contribution in [0.25, 0.3) is 60.6 Å². The van der Waals surface area contributed by atoms with E-state index in [0.29, 0.717) is 0 Å². The van der Waals surface area contributed by atoms with Crippen LogP contribution in [0, 0.1) is 0 Å². The largest absolute Gasteiger partial charge is 0.456 e. The second-order valence-corrected chi connectivity index (χ2v) is 15.2. The van der Waals surface area contributed by atoms with Crippen molar-refractivity contribution in [3.63, 3.8) is 0 Å². The van der Waals surface area contributed by atoms with E-state index in [1.807, 2.05) is 0 Å². The van der Waals surface area contributed by atoms with Crippen molar-refractivity contribution in [1.29, 1.82) is 0 Å². The van der Waals surface area contributed by atoms with Crippen molar-refractivity contribution in [2.45, 2.75) is 5.41 Å². The van der Waals surface area contributed by atoms with Crippen LogP contribution in [0.4, 0.5) is 17.1 Å². The van der Waals surface area contributed by atoms with Crippen LogP contribution < -0.4 is 4.90 Å². The smallest absolute Gasteiger partial charge is 0.137 e. The van der Waals surface area contributed by atoms with Gasteiger partial charge in [-0.25, -0.2) is 0 Å². The van der Waals surface area contributed by atoms with Gasteiger partial charge in [0.2, 0.25) is 0 Å². The quantitative estimate of drug-likeness (QED) is 0.169. The van der Waals surface area contributed by atoms with Crippen molar-refractivity contribution < 1.29 is 4.42 Å². The third kappa shape index (κ3) is 4.62. The molecule has 0 unspecified atom stereocenters. The molecule has 11 aromatic rings. The van der Waals surface area contributed by atoms with E-state index in [1.54, 1.807) is 0 Å². The average Bonchev–Trinajstić information content (AvgIpc) is 3.94. The molecule has 0 spiro atoms. The van der Waals surface area contributed by atoms with E-state index in [4.69, 9.17) is 4.42 Å². The predicted octanol–water partition coefficient (Wildman–Crippen LogP) is 14.5. The third-order valence-electron chi connectivity index (χ3n) is 12.2. The first-order valence-corrected chi connectivity index (χ1v) is 19.9. The monoisotopic (exact) mass is 740 g/mol. The maximum Gasteiger partial charge on any atom is 0.137 e. The number of fused-ring (bicyclic) bond motifs is 9. The summed E-state index contributed by atoms with van der Waals surface area (Å²) in [6.07, 6.45) is 0. The number of aromatic nitrogens is 1. The second kappa shape index (κ2) is 12.7. The number of hydrogen-bond acceptors (Lipinski definition) is 2. The number of benzene rings is 9. The van der Waals surface area contributed by atoms with Gasteiger partial charge < -0.3 is 13.9 Å².